The summed E-state index contributed by atoms with van der Waals surface area (Å²) in [5, 5.41) is -0.558. The molecule has 2 aromatic rings. The Morgan fingerprint density at radius 1 is 0.702 bits per heavy atom. The number of hydrogen-bond donors (Lipinski definition) is 0. The van der Waals surface area contributed by atoms with Crippen LogP contribution in [0.25, 0.3) is 0 Å². The monoisotopic (exact) mass is 882 g/mol. The highest BCUT2D eigenvalue weighted by molar-refractivity contribution is 7.91. The Hall–Kier alpha value is -3.39. The molecule has 1 atom stereocenters. The molecule has 312 valence electrons. The Bertz CT molecular complexity index is 2130. The number of carbonyl (C=O) groups excluding carboxylic acids is 6. The molecule has 1 saturated heterocycles. The standard InChI is InChI=1S/C20H23ClO7S.C17H16ClF3O6S/c1-29(25,26)17-8-7-13(20(24)18-15(22)5-2-6-16(18)23)19(21)14(17)11-27-10-12-4-3-9-28-12;1-28(25,26)13-6-5-9(15(18)10(13)7-27-8-17(19,20)21)16(24)14-11(22)3-2-4-12(14)23/h7-8,12,18H,2-6,9-11H2,1H3;5-6,14H,2-4,7-8H2,1H3. The molecule has 0 amide bonds. The number of halogens is 5. The zero-order chi connectivity index (χ0) is 42.5. The van der Waals surface area contributed by atoms with Crippen molar-refractivity contribution in [2.24, 2.45) is 11.8 Å². The predicted molar refractivity (Wildman–Crippen MR) is 197 cm³/mol. The minimum Gasteiger partial charge on any atom is -0.376 e. The molecule has 57 heavy (non-hydrogen) atoms. The molecular formula is C37H39Cl2F3O13S2. The van der Waals surface area contributed by atoms with Crippen LogP contribution in [0, 0.1) is 11.8 Å². The van der Waals surface area contributed by atoms with Gasteiger partial charge in [-0.2, -0.15) is 13.2 Å². The Balaban J connectivity index is 0.000000253. The fourth-order valence-corrected chi connectivity index (χ4v) is 9.18. The maximum atomic E-state index is 12.9. The van der Waals surface area contributed by atoms with Crippen LogP contribution in [0.3, 0.4) is 0 Å². The predicted octanol–water partition coefficient (Wildman–Crippen LogP) is 5.50. The fourth-order valence-electron chi connectivity index (χ4n) is 6.59. The summed E-state index contributed by atoms with van der Waals surface area (Å²) in [4.78, 5) is 73.4. The van der Waals surface area contributed by atoms with Crippen LogP contribution >= 0.6 is 23.2 Å². The lowest BCUT2D eigenvalue weighted by Gasteiger charge is -2.20. The van der Waals surface area contributed by atoms with Gasteiger partial charge in [-0.05, 0) is 49.9 Å². The maximum absolute atomic E-state index is 12.9. The first kappa shape index (κ1) is 46.3. The van der Waals surface area contributed by atoms with Crippen LogP contribution in [0.2, 0.25) is 10.0 Å². The molecule has 5 rings (SSSR count). The van der Waals surface area contributed by atoms with Crippen molar-refractivity contribution in [1.29, 1.82) is 0 Å². The highest BCUT2D eigenvalue weighted by Crippen LogP contribution is 2.34. The zero-order valence-corrected chi connectivity index (χ0v) is 33.9. The molecule has 2 saturated carbocycles. The van der Waals surface area contributed by atoms with Gasteiger partial charge >= 0.3 is 6.18 Å². The van der Waals surface area contributed by atoms with E-state index in [4.69, 9.17) is 32.7 Å². The summed E-state index contributed by atoms with van der Waals surface area (Å²) in [5.41, 5.74) is -0.541. The third-order valence-corrected chi connectivity index (χ3v) is 12.5. The Labute approximate surface area is 336 Å². The van der Waals surface area contributed by atoms with Gasteiger partial charge in [0.15, 0.2) is 54.4 Å². The van der Waals surface area contributed by atoms with Gasteiger partial charge in [0.05, 0.1) is 45.8 Å². The highest BCUT2D eigenvalue weighted by atomic mass is 35.5. The second-order valence-corrected chi connectivity index (χ2v) is 18.5. The average Bonchev–Trinajstić information content (AvgIpc) is 3.62. The molecule has 1 heterocycles. The van der Waals surface area contributed by atoms with Gasteiger partial charge in [-0.25, -0.2) is 16.8 Å². The largest absolute Gasteiger partial charge is 0.411 e. The first-order valence-electron chi connectivity index (χ1n) is 17.6. The van der Waals surface area contributed by atoms with Gasteiger partial charge in [-0.3, -0.25) is 28.8 Å². The smallest absolute Gasteiger partial charge is 0.376 e. The Morgan fingerprint density at radius 2 is 1.11 bits per heavy atom. The van der Waals surface area contributed by atoms with Crippen molar-refractivity contribution < 1.29 is 73.0 Å². The third-order valence-electron chi connectivity index (χ3n) is 9.32. The van der Waals surface area contributed by atoms with Crippen LogP contribution in [0.15, 0.2) is 34.1 Å². The van der Waals surface area contributed by atoms with E-state index in [0.717, 1.165) is 37.5 Å². The molecule has 2 aromatic carbocycles. The zero-order valence-electron chi connectivity index (χ0n) is 30.7. The number of benzene rings is 2. The lowest BCUT2D eigenvalue weighted by atomic mass is 9.81. The highest BCUT2D eigenvalue weighted by Gasteiger charge is 2.39. The summed E-state index contributed by atoms with van der Waals surface area (Å²) in [7, 11) is -7.54. The van der Waals surface area contributed by atoms with Crippen molar-refractivity contribution in [3.05, 3.63) is 56.6 Å². The van der Waals surface area contributed by atoms with Crippen LogP contribution in [0.1, 0.15) is 83.2 Å². The number of ether oxygens (including phenoxy) is 3. The van der Waals surface area contributed by atoms with E-state index in [0.29, 0.717) is 19.4 Å². The number of sulfone groups is 2. The number of rotatable bonds is 13. The minimum atomic E-state index is -4.65. The molecule has 2 aliphatic carbocycles. The molecule has 3 aliphatic rings. The van der Waals surface area contributed by atoms with E-state index in [1.807, 2.05) is 0 Å². The van der Waals surface area contributed by atoms with Gasteiger partial charge in [0, 0.05) is 67.1 Å². The van der Waals surface area contributed by atoms with Gasteiger partial charge < -0.3 is 14.2 Å². The van der Waals surface area contributed by atoms with E-state index < -0.39 is 95.5 Å². The summed E-state index contributed by atoms with van der Waals surface area (Å²) >= 11 is 12.5. The van der Waals surface area contributed by atoms with Crippen molar-refractivity contribution in [1.82, 2.24) is 0 Å². The second-order valence-electron chi connectivity index (χ2n) is 13.8. The number of ketones is 6. The van der Waals surface area contributed by atoms with E-state index >= 15 is 0 Å². The van der Waals surface area contributed by atoms with Crippen LogP contribution in [-0.2, 0) is 66.3 Å². The van der Waals surface area contributed by atoms with E-state index in [1.165, 1.54) is 12.1 Å². The Morgan fingerprint density at radius 3 is 1.46 bits per heavy atom. The SMILES string of the molecule is CS(=O)(=O)c1ccc(C(=O)C2C(=O)CCCC2=O)c(Cl)c1COCC(F)(F)F.CS(=O)(=O)c1ccc(C(=O)C2C(=O)CCCC2=O)c(Cl)c1COCC1CCCO1. The molecule has 0 bridgehead atoms. The second kappa shape index (κ2) is 19.1. The summed E-state index contributed by atoms with van der Waals surface area (Å²) < 4.78 is 101. The summed E-state index contributed by atoms with van der Waals surface area (Å²) in [5.74, 6) is -6.50. The molecule has 1 unspecified atom stereocenters. The van der Waals surface area contributed by atoms with Crippen LogP contribution in [-0.4, -0.2) is 96.1 Å². The van der Waals surface area contributed by atoms with Gasteiger partial charge in [0.25, 0.3) is 0 Å². The van der Waals surface area contributed by atoms with E-state index in [2.05, 4.69) is 4.74 Å². The molecule has 0 radical (unpaired) electrons. The van der Waals surface area contributed by atoms with Gasteiger partial charge in [0.2, 0.25) is 0 Å². The average molecular weight is 884 g/mol. The van der Waals surface area contributed by atoms with Gasteiger partial charge in [-0.15, -0.1) is 0 Å². The van der Waals surface area contributed by atoms with E-state index in [9.17, 15) is 58.8 Å². The molecule has 3 fully saturated rings. The number of alkyl halides is 3. The summed E-state index contributed by atoms with van der Waals surface area (Å²) in [6.07, 6.45) is 0.142. The van der Waals surface area contributed by atoms with Gasteiger partial charge in [0.1, 0.15) is 18.4 Å². The lowest BCUT2D eigenvalue weighted by molar-refractivity contribution is -0.176. The fraction of sp³-hybridized carbons (Fsp3) is 0.514. The molecule has 0 N–H and O–H groups in total. The van der Waals surface area contributed by atoms with E-state index in [-0.39, 0.29) is 77.2 Å². The van der Waals surface area contributed by atoms with Crippen LogP contribution in [0.4, 0.5) is 13.2 Å². The quantitative estimate of drug-likeness (QED) is 0.181. The lowest BCUT2D eigenvalue weighted by Crippen LogP contribution is -2.35. The van der Waals surface area contributed by atoms with Crippen LogP contribution in [0.5, 0.6) is 0 Å². The molecule has 0 aromatic heterocycles. The minimum absolute atomic E-state index is 0.0385. The number of Topliss-reactive ketones (excluding diaryl/α,β-unsaturated/α-hetero) is 6. The van der Waals surface area contributed by atoms with Gasteiger partial charge in [-0.1, -0.05) is 23.2 Å². The third kappa shape index (κ3) is 11.9. The normalized spacial score (nSPS) is 18.8. The molecule has 13 nitrogen and oxygen atoms in total. The summed E-state index contributed by atoms with van der Waals surface area (Å²) in [6, 6.07) is 4.58. The van der Waals surface area contributed by atoms with Crippen molar-refractivity contribution in [2.75, 3.05) is 32.3 Å². The Kier molecular flexibility index (Phi) is 15.5. The number of carbonyl (C=O) groups is 6. The first-order chi connectivity index (χ1) is 26.5. The number of hydrogen-bond acceptors (Lipinski definition) is 13. The molecular weight excluding hydrogens is 844 g/mol. The molecule has 20 heteroatoms. The first-order valence-corrected chi connectivity index (χ1v) is 22.1. The maximum Gasteiger partial charge on any atom is 0.411 e. The topological polar surface area (TPSA) is 198 Å². The molecule has 1 aliphatic heterocycles. The van der Waals surface area contributed by atoms with Crippen molar-refractivity contribution >= 4 is 77.6 Å². The van der Waals surface area contributed by atoms with Crippen molar-refractivity contribution in [3.63, 3.8) is 0 Å². The molecule has 0 spiro atoms. The van der Waals surface area contributed by atoms with Crippen molar-refractivity contribution in [2.45, 2.75) is 86.7 Å². The summed E-state index contributed by atoms with van der Waals surface area (Å²) in [6.45, 7) is -1.67. The van der Waals surface area contributed by atoms with E-state index in [1.54, 1.807) is 0 Å². The van der Waals surface area contributed by atoms with Crippen LogP contribution < -0.4 is 0 Å². The van der Waals surface area contributed by atoms with Crippen molar-refractivity contribution in [3.8, 4) is 0 Å².